The Morgan fingerprint density at radius 1 is 0.938 bits per heavy atom. The van der Waals surface area contributed by atoms with Crippen LogP contribution in [0.2, 0.25) is 0 Å². The lowest BCUT2D eigenvalue weighted by Gasteiger charge is -2.23. The molecule has 1 aliphatic rings. The molecule has 2 nitrogen and oxygen atoms in total. The second-order valence-electron chi connectivity index (χ2n) is 7.49. The summed E-state index contributed by atoms with van der Waals surface area (Å²) in [6.45, 7) is 3.15. The van der Waals surface area contributed by atoms with Crippen LogP contribution in [0.25, 0.3) is 5.57 Å². The van der Waals surface area contributed by atoms with E-state index in [1.807, 2.05) is 13.0 Å². The molecule has 174 valence electrons. The van der Waals surface area contributed by atoms with Gasteiger partial charge >= 0.3 is 6.11 Å². The van der Waals surface area contributed by atoms with E-state index in [0.717, 1.165) is 25.0 Å². The lowest BCUT2D eigenvalue weighted by atomic mass is 9.85. The van der Waals surface area contributed by atoms with Crippen LogP contribution in [0.15, 0.2) is 30.3 Å². The van der Waals surface area contributed by atoms with Gasteiger partial charge in [-0.05, 0) is 61.8 Å². The molecule has 32 heavy (non-hydrogen) atoms. The van der Waals surface area contributed by atoms with Gasteiger partial charge in [-0.15, -0.1) is 0 Å². The van der Waals surface area contributed by atoms with Crippen LogP contribution < -0.4 is 4.74 Å². The maximum atomic E-state index is 14.5. The van der Waals surface area contributed by atoms with Crippen molar-refractivity contribution in [1.82, 2.24) is 0 Å². The number of rotatable bonds is 8. The van der Waals surface area contributed by atoms with Crippen molar-refractivity contribution in [1.29, 1.82) is 0 Å². The zero-order valence-electron chi connectivity index (χ0n) is 17.2. The molecule has 0 radical (unpaired) electrons. The first-order valence-electron chi connectivity index (χ1n) is 10.1. The minimum absolute atomic E-state index is 0.127. The third kappa shape index (κ3) is 5.43. The average molecular weight is 462 g/mol. The molecule has 2 aromatic rings. The molecule has 1 aliphatic carbocycles. The number of benzene rings is 2. The molecule has 0 aliphatic heterocycles. The van der Waals surface area contributed by atoms with Gasteiger partial charge in [0.25, 0.3) is 0 Å². The highest BCUT2D eigenvalue weighted by atomic mass is 19.3. The van der Waals surface area contributed by atoms with Crippen LogP contribution in [0, 0.1) is 35.0 Å². The van der Waals surface area contributed by atoms with Crippen LogP contribution in [0.5, 0.6) is 5.75 Å². The predicted octanol–water partition coefficient (Wildman–Crippen LogP) is 7.12. The van der Waals surface area contributed by atoms with Crippen molar-refractivity contribution in [3.8, 4) is 5.75 Å². The van der Waals surface area contributed by atoms with Crippen molar-refractivity contribution >= 4 is 5.57 Å². The summed E-state index contributed by atoms with van der Waals surface area (Å²) < 4.78 is 107. The van der Waals surface area contributed by atoms with Crippen LogP contribution in [0.3, 0.4) is 0 Å². The third-order valence-electron chi connectivity index (χ3n) is 5.30. The van der Waals surface area contributed by atoms with Gasteiger partial charge in [-0.1, -0.05) is 6.08 Å². The van der Waals surface area contributed by atoms with E-state index < -0.39 is 46.5 Å². The number of ether oxygens (including phenoxy) is 2. The molecule has 0 spiro atoms. The van der Waals surface area contributed by atoms with E-state index in [1.165, 1.54) is 0 Å². The van der Waals surface area contributed by atoms with E-state index in [9.17, 15) is 30.7 Å². The van der Waals surface area contributed by atoms with E-state index in [-0.39, 0.29) is 17.7 Å². The third-order valence-corrected chi connectivity index (χ3v) is 5.30. The summed E-state index contributed by atoms with van der Waals surface area (Å²) >= 11 is 0. The van der Waals surface area contributed by atoms with E-state index in [4.69, 9.17) is 4.74 Å². The molecule has 3 rings (SSSR count). The predicted molar refractivity (Wildman–Crippen MR) is 104 cm³/mol. The van der Waals surface area contributed by atoms with Crippen LogP contribution >= 0.6 is 0 Å². The Morgan fingerprint density at radius 3 is 2.09 bits per heavy atom. The van der Waals surface area contributed by atoms with Gasteiger partial charge in [0.1, 0.15) is 22.9 Å². The summed E-state index contributed by atoms with van der Waals surface area (Å²) in [4.78, 5) is 0. The molecule has 0 heterocycles. The highest BCUT2D eigenvalue weighted by Crippen LogP contribution is 2.38. The highest BCUT2D eigenvalue weighted by Gasteiger charge is 2.41. The smallest absolute Gasteiger partial charge is 0.429 e. The first-order chi connectivity index (χ1) is 15.1. The van der Waals surface area contributed by atoms with Crippen LogP contribution in [-0.4, -0.2) is 13.2 Å². The van der Waals surface area contributed by atoms with Gasteiger partial charge in [0.05, 0.1) is 0 Å². The van der Waals surface area contributed by atoms with E-state index >= 15 is 0 Å². The zero-order valence-corrected chi connectivity index (χ0v) is 17.2. The maximum absolute atomic E-state index is 14.5. The van der Waals surface area contributed by atoms with Crippen LogP contribution in [0.1, 0.15) is 43.7 Å². The molecular formula is C23H21F7O2. The molecule has 2 aromatic carbocycles. The standard InChI is InChI=1S/C23H21F7O2/c1-2-31-8-7-13-3-5-14(6-4-13)15-9-17(24)21(18(25)10-15)23(29,30)32-16-11-19(26)22(28)20(27)12-16/h5,9-13H,2-4,6-8H2,1H3. The Kier molecular flexibility index (Phi) is 7.48. The molecule has 9 heteroatoms. The molecule has 0 N–H and O–H groups in total. The van der Waals surface area contributed by atoms with Gasteiger partial charge in [0, 0.05) is 25.3 Å². The number of hydrogen-bond acceptors (Lipinski definition) is 2. The second-order valence-corrected chi connectivity index (χ2v) is 7.49. The molecule has 0 amide bonds. The topological polar surface area (TPSA) is 18.5 Å². The molecular weight excluding hydrogens is 441 g/mol. The molecule has 1 atom stereocenters. The molecule has 0 saturated carbocycles. The van der Waals surface area contributed by atoms with Gasteiger partial charge < -0.3 is 9.47 Å². The minimum atomic E-state index is -4.60. The Morgan fingerprint density at radius 2 is 1.56 bits per heavy atom. The fourth-order valence-corrected chi connectivity index (χ4v) is 3.63. The van der Waals surface area contributed by atoms with Crippen molar-refractivity contribution in [2.75, 3.05) is 13.2 Å². The summed E-state index contributed by atoms with van der Waals surface area (Å²) in [7, 11) is 0. The van der Waals surface area contributed by atoms with Gasteiger partial charge in [-0.3, -0.25) is 0 Å². The normalized spacial score (nSPS) is 16.8. The summed E-state index contributed by atoms with van der Waals surface area (Å²) in [5, 5.41) is 0. The molecule has 0 aromatic heterocycles. The molecule has 1 unspecified atom stereocenters. The van der Waals surface area contributed by atoms with Gasteiger partial charge in [-0.25, -0.2) is 22.0 Å². The Balaban J connectivity index is 1.80. The van der Waals surface area contributed by atoms with E-state index in [0.29, 0.717) is 37.5 Å². The monoisotopic (exact) mass is 462 g/mol. The van der Waals surface area contributed by atoms with Crippen LogP contribution in [0.4, 0.5) is 30.7 Å². The van der Waals surface area contributed by atoms with Gasteiger partial charge in [0.15, 0.2) is 17.5 Å². The first kappa shape index (κ1) is 24.1. The fourth-order valence-electron chi connectivity index (χ4n) is 3.63. The fraction of sp³-hybridized carbons (Fsp3) is 0.391. The average Bonchev–Trinajstić information content (AvgIpc) is 2.71. The number of allylic oxidation sites excluding steroid dienone is 2. The van der Waals surface area contributed by atoms with Crippen molar-refractivity contribution in [2.45, 2.75) is 38.7 Å². The number of halogens is 7. The Labute approximate surface area is 180 Å². The van der Waals surface area contributed by atoms with Gasteiger partial charge in [-0.2, -0.15) is 8.78 Å². The lowest BCUT2D eigenvalue weighted by molar-refractivity contribution is -0.189. The van der Waals surface area contributed by atoms with E-state index in [1.54, 1.807) is 0 Å². The van der Waals surface area contributed by atoms with Crippen molar-refractivity contribution in [3.05, 3.63) is 70.6 Å². The van der Waals surface area contributed by atoms with Crippen molar-refractivity contribution in [3.63, 3.8) is 0 Å². The van der Waals surface area contributed by atoms with Crippen molar-refractivity contribution < 1.29 is 40.2 Å². The Hall–Kier alpha value is -2.55. The van der Waals surface area contributed by atoms with Gasteiger partial charge in [0.2, 0.25) is 0 Å². The minimum Gasteiger partial charge on any atom is -0.429 e. The molecule has 0 bridgehead atoms. The maximum Gasteiger partial charge on any atom is 0.432 e. The second kappa shape index (κ2) is 9.94. The highest BCUT2D eigenvalue weighted by molar-refractivity contribution is 5.66. The largest absolute Gasteiger partial charge is 0.432 e. The zero-order chi connectivity index (χ0) is 23.5. The van der Waals surface area contributed by atoms with E-state index in [2.05, 4.69) is 4.74 Å². The van der Waals surface area contributed by atoms with Crippen molar-refractivity contribution in [2.24, 2.45) is 5.92 Å². The SMILES string of the molecule is CCOCCC1CC=C(c2cc(F)c(C(F)(F)Oc3cc(F)c(F)c(F)c3)c(F)c2)CC1. The Bertz CT molecular complexity index is 958. The van der Waals surface area contributed by atoms with Crippen LogP contribution in [-0.2, 0) is 10.8 Å². The summed E-state index contributed by atoms with van der Waals surface area (Å²) in [6.07, 6.45) is 0.0458. The summed E-state index contributed by atoms with van der Waals surface area (Å²) in [5.74, 6) is -9.36. The first-order valence-corrected chi connectivity index (χ1v) is 10.1. The lowest BCUT2D eigenvalue weighted by Crippen LogP contribution is -2.25. The quantitative estimate of drug-likeness (QED) is 0.236. The summed E-state index contributed by atoms with van der Waals surface area (Å²) in [6, 6.07) is 1.86. The number of hydrogen-bond donors (Lipinski definition) is 0. The summed E-state index contributed by atoms with van der Waals surface area (Å²) in [5.41, 5.74) is -0.951. The number of alkyl halides is 2. The molecule has 0 saturated heterocycles. The molecule has 0 fully saturated rings.